The zero-order chi connectivity index (χ0) is 27.6. The van der Waals surface area contributed by atoms with E-state index < -0.39 is 21.7 Å². The minimum Gasteiger partial charge on any atom is -0.495 e. The number of carbonyl (C=O) groups is 2. The Morgan fingerprint density at radius 3 is 2.28 bits per heavy atom. The van der Waals surface area contributed by atoms with Gasteiger partial charge in [0, 0.05) is 49.5 Å². The second-order valence-corrected chi connectivity index (χ2v) is 10.4. The number of amides is 2. The number of anilines is 1. The van der Waals surface area contributed by atoms with Crippen molar-refractivity contribution in [3.8, 4) is 5.75 Å². The number of hydrogen-bond acceptors (Lipinski definition) is 7. The number of fused-ring (bicyclic) bond motifs is 1. The van der Waals surface area contributed by atoms with Crippen LogP contribution in [0.15, 0.2) is 78.0 Å². The Morgan fingerprint density at radius 1 is 0.897 bits per heavy atom. The highest BCUT2D eigenvalue weighted by Crippen LogP contribution is 2.30. The molecule has 2 amide bonds. The van der Waals surface area contributed by atoms with Crippen LogP contribution in [0.5, 0.6) is 5.75 Å². The summed E-state index contributed by atoms with van der Waals surface area (Å²) in [5, 5.41) is 0.681. The zero-order valence-electron chi connectivity index (χ0n) is 20.9. The molecule has 2 aromatic carbocycles. The largest absolute Gasteiger partial charge is 0.495 e. The summed E-state index contributed by atoms with van der Waals surface area (Å²) in [6, 6.07) is 15.4. The Bertz CT molecular complexity index is 1670. The van der Waals surface area contributed by atoms with Gasteiger partial charge in [-0.2, -0.15) is 0 Å². The van der Waals surface area contributed by atoms with E-state index in [0.717, 1.165) is 0 Å². The zero-order valence-corrected chi connectivity index (χ0v) is 21.7. The van der Waals surface area contributed by atoms with Gasteiger partial charge < -0.3 is 14.5 Å². The van der Waals surface area contributed by atoms with E-state index in [0.29, 0.717) is 10.9 Å². The number of rotatable bonds is 6. The molecule has 3 heterocycles. The number of piperazine rings is 1. The predicted molar refractivity (Wildman–Crippen MR) is 142 cm³/mol. The fourth-order valence-corrected chi connectivity index (χ4v) is 5.64. The number of hydrogen-bond donors (Lipinski definition) is 1. The van der Waals surface area contributed by atoms with Crippen LogP contribution in [0.3, 0.4) is 0 Å². The Morgan fingerprint density at radius 2 is 1.56 bits per heavy atom. The number of carbonyl (C=O) groups excluding carboxylic acids is 2. The summed E-state index contributed by atoms with van der Waals surface area (Å²) >= 11 is 0. The fourth-order valence-electron chi connectivity index (χ4n) is 4.39. The number of para-hydroxylation sites is 1. The lowest BCUT2D eigenvalue weighted by Crippen LogP contribution is -2.50. The van der Waals surface area contributed by atoms with Crippen LogP contribution in [-0.4, -0.2) is 73.3 Å². The highest BCUT2D eigenvalue weighted by atomic mass is 32.2. The molecule has 10 nitrogen and oxygen atoms in total. The Balaban J connectivity index is 1.30. The molecule has 1 saturated heterocycles. The molecule has 0 bridgehead atoms. The number of nitrogens with zero attached hydrogens (tertiary/aromatic N) is 4. The SMILES string of the molecule is COc1cc(C(=O)N2CCN(C(=O)c3ncccc3F)CC2)ccc1NS(=O)(=O)c1cccc2cccnc12. The Labute approximate surface area is 224 Å². The number of sulfonamides is 1. The molecule has 39 heavy (non-hydrogen) atoms. The number of benzene rings is 2. The van der Waals surface area contributed by atoms with Crippen LogP contribution in [0.2, 0.25) is 0 Å². The van der Waals surface area contributed by atoms with Crippen LogP contribution in [-0.2, 0) is 10.0 Å². The first-order valence-corrected chi connectivity index (χ1v) is 13.5. The van der Waals surface area contributed by atoms with Gasteiger partial charge in [0.15, 0.2) is 11.5 Å². The van der Waals surface area contributed by atoms with E-state index in [2.05, 4.69) is 14.7 Å². The number of nitrogens with one attached hydrogen (secondary N) is 1. The summed E-state index contributed by atoms with van der Waals surface area (Å²) in [6.07, 6.45) is 2.88. The quantitative estimate of drug-likeness (QED) is 0.392. The van der Waals surface area contributed by atoms with Crippen molar-refractivity contribution in [2.24, 2.45) is 0 Å². The van der Waals surface area contributed by atoms with Crippen molar-refractivity contribution in [1.29, 1.82) is 0 Å². The van der Waals surface area contributed by atoms with E-state index in [-0.39, 0.29) is 59.7 Å². The monoisotopic (exact) mass is 549 g/mol. The fraction of sp³-hybridized carbons (Fsp3) is 0.185. The average Bonchev–Trinajstić information content (AvgIpc) is 2.96. The van der Waals surface area contributed by atoms with Crippen LogP contribution < -0.4 is 9.46 Å². The first kappa shape index (κ1) is 26.0. The van der Waals surface area contributed by atoms with Gasteiger partial charge in [-0.05, 0) is 42.5 Å². The molecule has 200 valence electrons. The lowest BCUT2D eigenvalue weighted by Gasteiger charge is -2.34. The Hall–Kier alpha value is -4.58. The molecule has 1 N–H and O–H groups in total. The van der Waals surface area contributed by atoms with Crippen molar-refractivity contribution in [2.45, 2.75) is 4.90 Å². The normalized spacial score (nSPS) is 13.8. The molecule has 0 radical (unpaired) electrons. The second kappa shape index (κ2) is 10.7. The van der Waals surface area contributed by atoms with Crippen molar-refractivity contribution >= 4 is 38.4 Å². The summed E-state index contributed by atoms with van der Waals surface area (Å²) < 4.78 is 48.3. The Kier molecular flexibility index (Phi) is 7.11. The summed E-state index contributed by atoms with van der Waals surface area (Å²) in [6.45, 7) is 0.914. The molecule has 0 spiro atoms. The molecule has 4 aromatic rings. The van der Waals surface area contributed by atoms with Crippen molar-refractivity contribution in [2.75, 3.05) is 38.0 Å². The lowest BCUT2D eigenvalue weighted by atomic mass is 10.1. The van der Waals surface area contributed by atoms with E-state index in [9.17, 15) is 22.4 Å². The standard InChI is InChI=1S/C27H24FN5O5S/c1-38-22-17-19(26(34)32-13-15-33(16-14-32)27(35)25-20(28)7-4-12-30-25)9-10-21(22)31-39(36,37)23-8-2-5-18-6-3-11-29-24(18)23/h2-12,17,31H,13-16H2,1H3. The topological polar surface area (TPSA) is 122 Å². The van der Waals surface area contributed by atoms with Crippen molar-refractivity contribution in [3.05, 3.63) is 90.1 Å². The van der Waals surface area contributed by atoms with E-state index in [4.69, 9.17) is 4.74 Å². The minimum atomic E-state index is -4.02. The maximum Gasteiger partial charge on any atom is 0.275 e. The van der Waals surface area contributed by atoms with Crippen LogP contribution >= 0.6 is 0 Å². The molecule has 0 aliphatic carbocycles. The van der Waals surface area contributed by atoms with Gasteiger partial charge >= 0.3 is 0 Å². The van der Waals surface area contributed by atoms with Gasteiger partial charge in [-0.3, -0.25) is 19.3 Å². The molecule has 0 atom stereocenters. The first-order valence-electron chi connectivity index (χ1n) is 12.0. The lowest BCUT2D eigenvalue weighted by molar-refractivity contribution is 0.0529. The van der Waals surface area contributed by atoms with Crippen LogP contribution in [0.1, 0.15) is 20.8 Å². The van der Waals surface area contributed by atoms with Crippen LogP contribution in [0.4, 0.5) is 10.1 Å². The summed E-state index contributed by atoms with van der Waals surface area (Å²) in [4.78, 5) is 36.9. The summed E-state index contributed by atoms with van der Waals surface area (Å²) in [5.41, 5.74) is 0.535. The molecule has 1 aliphatic rings. The number of pyridine rings is 2. The van der Waals surface area contributed by atoms with Crippen molar-refractivity contribution in [1.82, 2.24) is 19.8 Å². The number of aromatic nitrogens is 2. The van der Waals surface area contributed by atoms with Crippen LogP contribution in [0.25, 0.3) is 10.9 Å². The third kappa shape index (κ3) is 5.23. The molecule has 1 aliphatic heterocycles. The van der Waals surface area contributed by atoms with Crippen LogP contribution in [0, 0.1) is 5.82 Å². The van der Waals surface area contributed by atoms with Gasteiger partial charge in [-0.1, -0.05) is 18.2 Å². The number of methoxy groups -OCH3 is 1. The smallest absolute Gasteiger partial charge is 0.275 e. The second-order valence-electron chi connectivity index (χ2n) is 8.77. The molecule has 0 saturated carbocycles. The van der Waals surface area contributed by atoms with Gasteiger partial charge in [-0.15, -0.1) is 0 Å². The maximum atomic E-state index is 14.0. The van der Waals surface area contributed by atoms with Gasteiger partial charge in [0.25, 0.3) is 21.8 Å². The van der Waals surface area contributed by atoms with E-state index in [1.54, 1.807) is 29.2 Å². The van der Waals surface area contributed by atoms with Gasteiger partial charge in [0.2, 0.25) is 0 Å². The van der Waals surface area contributed by atoms with Crippen molar-refractivity contribution < 1.29 is 27.1 Å². The molecule has 2 aromatic heterocycles. The summed E-state index contributed by atoms with van der Waals surface area (Å²) in [5.74, 6) is -1.37. The van der Waals surface area contributed by atoms with Gasteiger partial charge in [-0.25, -0.2) is 17.8 Å². The highest BCUT2D eigenvalue weighted by molar-refractivity contribution is 7.93. The highest BCUT2D eigenvalue weighted by Gasteiger charge is 2.28. The average molecular weight is 550 g/mol. The van der Waals surface area contributed by atoms with E-state index >= 15 is 0 Å². The molecule has 12 heteroatoms. The first-order chi connectivity index (χ1) is 18.8. The summed E-state index contributed by atoms with van der Waals surface area (Å²) in [7, 11) is -2.65. The molecule has 5 rings (SSSR count). The maximum absolute atomic E-state index is 14.0. The third-order valence-electron chi connectivity index (χ3n) is 6.39. The van der Waals surface area contributed by atoms with E-state index in [1.165, 1.54) is 60.8 Å². The molecule has 0 unspecified atom stereocenters. The van der Waals surface area contributed by atoms with Gasteiger partial charge in [0.1, 0.15) is 10.6 Å². The number of ether oxygens (including phenoxy) is 1. The predicted octanol–water partition coefficient (Wildman–Crippen LogP) is 3.18. The number of halogens is 1. The van der Waals surface area contributed by atoms with E-state index in [1.807, 2.05) is 0 Å². The molecular formula is C27H24FN5O5S. The molecule has 1 fully saturated rings. The van der Waals surface area contributed by atoms with Crippen molar-refractivity contribution in [3.63, 3.8) is 0 Å². The minimum absolute atomic E-state index is 0.0146. The molecular weight excluding hydrogens is 525 g/mol. The van der Waals surface area contributed by atoms with Gasteiger partial charge in [0.05, 0.1) is 18.3 Å². The third-order valence-corrected chi connectivity index (χ3v) is 7.79.